The van der Waals surface area contributed by atoms with Gasteiger partial charge in [0.25, 0.3) is 11.7 Å². The van der Waals surface area contributed by atoms with Gasteiger partial charge in [-0.15, -0.1) is 0 Å². The van der Waals surface area contributed by atoms with Crippen LogP contribution in [-0.2, 0) is 16.1 Å². The minimum atomic E-state index is -0.778. The van der Waals surface area contributed by atoms with Gasteiger partial charge in [0.05, 0.1) is 38.6 Å². The maximum atomic E-state index is 13.2. The number of furan rings is 1. The lowest BCUT2D eigenvalue weighted by molar-refractivity contribution is -0.140. The summed E-state index contributed by atoms with van der Waals surface area (Å²) in [5, 5.41) is 11.3. The second kappa shape index (κ2) is 9.47. The van der Waals surface area contributed by atoms with Crippen molar-refractivity contribution in [2.45, 2.75) is 32.4 Å². The number of amides is 1. The average molecular weight is 462 g/mol. The lowest BCUT2D eigenvalue weighted by atomic mass is 9.93. The molecule has 1 aromatic heterocycles. The lowest BCUT2D eigenvalue weighted by Gasteiger charge is -2.25. The Morgan fingerprint density at radius 2 is 1.74 bits per heavy atom. The number of carbonyl (C=O) groups is 2. The second-order valence-corrected chi connectivity index (χ2v) is 8.40. The molecule has 0 bridgehead atoms. The molecule has 2 aromatic carbocycles. The summed E-state index contributed by atoms with van der Waals surface area (Å²) < 4.78 is 16.0. The van der Waals surface area contributed by atoms with Gasteiger partial charge in [0, 0.05) is 5.56 Å². The first-order valence-electron chi connectivity index (χ1n) is 11.0. The fraction of sp³-hybridized carbons (Fsp3) is 0.259. The van der Waals surface area contributed by atoms with E-state index in [1.54, 1.807) is 30.3 Å². The van der Waals surface area contributed by atoms with E-state index in [1.807, 2.05) is 24.3 Å². The van der Waals surface area contributed by atoms with Gasteiger partial charge in [0.1, 0.15) is 11.5 Å². The molecule has 1 aliphatic heterocycles. The van der Waals surface area contributed by atoms with Gasteiger partial charge >= 0.3 is 0 Å². The zero-order valence-corrected chi connectivity index (χ0v) is 19.6. The number of likely N-dealkylation sites (tertiary alicyclic amines) is 1. The summed E-state index contributed by atoms with van der Waals surface area (Å²) in [4.78, 5) is 27.7. The third kappa shape index (κ3) is 4.17. The molecule has 1 atom stereocenters. The van der Waals surface area contributed by atoms with Gasteiger partial charge in [0.15, 0.2) is 11.5 Å². The van der Waals surface area contributed by atoms with Gasteiger partial charge in [0.2, 0.25) is 0 Å². The highest BCUT2D eigenvalue weighted by Gasteiger charge is 2.46. The first kappa shape index (κ1) is 23.2. The molecule has 1 fully saturated rings. The number of carbonyl (C=O) groups excluding carboxylic acids is 2. The number of benzene rings is 2. The van der Waals surface area contributed by atoms with Crippen LogP contribution in [0.25, 0.3) is 5.76 Å². The molecular formula is C27H27NO6. The van der Waals surface area contributed by atoms with Crippen LogP contribution in [-0.4, -0.2) is 35.9 Å². The first-order valence-corrected chi connectivity index (χ1v) is 11.0. The molecule has 0 saturated carbocycles. The van der Waals surface area contributed by atoms with Crippen LogP contribution < -0.4 is 9.47 Å². The molecule has 1 aliphatic rings. The lowest BCUT2D eigenvalue weighted by Crippen LogP contribution is -2.29. The number of rotatable bonds is 7. The summed E-state index contributed by atoms with van der Waals surface area (Å²) in [5.41, 5.74) is 2.21. The molecule has 1 amide bonds. The van der Waals surface area contributed by atoms with Crippen molar-refractivity contribution in [1.82, 2.24) is 4.90 Å². The fourth-order valence-corrected chi connectivity index (χ4v) is 4.16. The SMILES string of the molecule is COc1ccc(/C(O)=C2/C(=O)C(=O)N(Cc3ccco3)C2c2ccc(C(C)C)cc2)cc1OC. The van der Waals surface area contributed by atoms with E-state index >= 15 is 0 Å². The normalized spacial score (nSPS) is 17.4. The van der Waals surface area contributed by atoms with Crippen LogP contribution in [0.4, 0.5) is 0 Å². The number of hydrogen-bond donors (Lipinski definition) is 1. The number of ketones is 1. The fourth-order valence-electron chi connectivity index (χ4n) is 4.16. The van der Waals surface area contributed by atoms with E-state index in [9.17, 15) is 14.7 Å². The van der Waals surface area contributed by atoms with Crippen LogP contribution >= 0.6 is 0 Å². The molecule has 1 saturated heterocycles. The van der Waals surface area contributed by atoms with E-state index in [0.29, 0.717) is 28.7 Å². The molecule has 2 heterocycles. The summed E-state index contributed by atoms with van der Waals surface area (Å²) >= 11 is 0. The quantitative estimate of drug-likeness (QED) is 0.301. The number of aliphatic hydroxyl groups is 1. The van der Waals surface area contributed by atoms with Gasteiger partial charge in [-0.05, 0) is 47.4 Å². The highest BCUT2D eigenvalue weighted by molar-refractivity contribution is 6.46. The van der Waals surface area contributed by atoms with E-state index in [2.05, 4.69) is 13.8 Å². The molecule has 34 heavy (non-hydrogen) atoms. The zero-order chi connectivity index (χ0) is 24.4. The van der Waals surface area contributed by atoms with E-state index in [1.165, 1.54) is 25.4 Å². The topological polar surface area (TPSA) is 89.2 Å². The standard InChI is InChI=1S/C27H27NO6/c1-16(2)17-7-9-18(10-8-17)24-23(25(29)19-11-12-21(32-3)22(14-19)33-4)26(30)27(31)28(24)15-20-6-5-13-34-20/h5-14,16,24,29H,15H2,1-4H3/b25-23-. The maximum absolute atomic E-state index is 13.2. The summed E-state index contributed by atoms with van der Waals surface area (Å²) in [7, 11) is 3.00. The minimum absolute atomic E-state index is 0.0149. The average Bonchev–Trinajstić information content (AvgIpc) is 3.45. The molecule has 0 aliphatic carbocycles. The molecule has 4 rings (SSSR count). The molecule has 0 spiro atoms. The van der Waals surface area contributed by atoms with Crippen LogP contribution in [0.2, 0.25) is 0 Å². The number of methoxy groups -OCH3 is 2. The molecule has 3 aromatic rings. The van der Waals surface area contributed by atoms with Crippen LogP contribution in [0.1, 0.15) is 48.3 Å². The van der Waals surface area contributed by atoms with Crippen LogP contribution in [0.3, 0.4) is 0 Å². The predicted molar refractivity (Wildman–Crippen MR) is 127 cm³/mol. The summed E-state index contributed by atoms with van der Waals surface area (Å²) in [6.07, 6.45) is 1.52. The van der Waals surface area contributed by atoms with E-state index in [0.717, 1.165) is 11.1 Å². The summed E-state index contributed by atoms with van der Waals surface area (Å²) in [6, 6.07) is 15.3. The summed E-state index contributed by atoms with van der Waals surface area (Å²) in [5.74, 6) is 0.0202. The van der Waals surface area contributed by atoms with Crippen molar-refractivity contribution < 1.29 is 28.6 Å². The minimum Gasteiger partial charge on any atom is -0.507 e. The van der Waals surface area contributed by atoms with Crippen molar-refractivity contribution in [2.24, 2.45) is 0 Å². The van der Waals surface area contributed by atoms with Crippen molar-refractivity contribution >= 4 is 17.4 Å². The highest BCUT2D eigenvalue weighted by Crippen LogP contribution is 2.41. The zero-order valence-electron chi connectivity index (χ0n) is 19.6. The van der Waals surface area contributed by atoms with E-state index < -0.39 is 17.7 Å². The Labute approximate surface area is 198 Å². The number of hydrogen-bond acceptors (Lipinski definition) is 6. The number of Topliss-reactive ketones (excluding diaryl/α,β-unsaturated/α-hetero) is 1. The van der Waals surface area contributed by atoms with Crippen molar-refractivity contribution in [3.63, 3.8) is 0 Å². The highest BCUT2D eigenvalue weighted by atomic mass is 16.5. The second-order valence-electron chi connectivity index (χ2n) is 8.40. The van der Waals surface area contributed by atoms with E-state index in [-0.39, 0.29) is 17.9 Å². The molecular weight excluding hydrogens is 434 g/mol. The van der Waals surface area contributed by atoms with Gasteiger partial charge in [-0.1, -0.05) is 38.1 Å². The van der Waals surface area contributed by atoms with Gasteiger partial charge < -0.3 is 23.9 Å². The monoisotopic (exact) mass is 461 g/mol. The number of nitrogens with zero attached hydrogens (tertiary/aromatic N) is 1. The van der Waals surface area contributed by atoms with Gasteiger partial charge in [-0.25, -0.2) is 0 Å². The van der Waals surface area contributed by atoms with E-state index in [4.69, 9.17) is 13.9 Å². The van der Waals surface area contributed by atoms with Crippen molar-refractivity contribution in [3.8, 4) is 11.5 Å². The Morgan fingerprint density at radius 3 is 2.32 bits per heavy atom. The third-order valence-electron chi connectivity index (χ3n) is 6.02. The van der Waals surface area contributed by atoms with Gasteiger partial charge in [-0.2, -0.15) is 0 Å². The molecule has 1 N–H and O–H groups in total. The third-order valence-corrected chi connectivity index (χ3v) is 6.02. The Bertz CT molecular complexity index is 1220. The Morgan fingerprint density at radius 1 is 1.03 bits per heavy atom. The van der Waals surface area contributed by atoms with Crippen molar-refractivity contribution in [3.05, 3.63) is 88.9 Å². The molecule has 176 valence electrons. The predicted octanol–water partition coefficient (Wildman–Crippen LogP) is 5.04. The van der Waals surface area contributed by atoms with Crippen LogP contribution in [0.5, 0.6) is 11.5 Å². The maximum Gasteiger partial charge on any atom is 0.296 e. The molecule has 1 unspecified atom stereocenters. The van der Waals surface area contributed by atoms with Crippen LogP contribution in [0.15, 0.2) is 70.9 Å². The Balaban J connectivity index is 1.86. The first-order chi connectivity index (χ1) is 16.3. The molecule has 7 nitrogen and oxygen atoms in total. The number of ether oxygens (including phenoxy) is 2. The molecule has 7 heteroatoms. The van der Waals surface area contributed by atoms with Gasteiger partial charge in [-0.3, -0.25) is 9.59 Å². The molecule has 0 radical (unpaired) electrons. The Hall–Kier alpha value is -4.00. The Kier molecular flexibility index (Phi) is 6.45. The summed E-state index contributed by atoms with van der Waals surface area (Å²) in [6.45, 7) is 4.28. The number of aliphatic hydroxyl groups excluding tert-OH is 1. The van der Waals surface area contributed by atoms with Crippen molar-refractivity contribution in [1.29, 1.82) is 0 Å². The smallest absolute Gasteiger partial charge is 0.296 e. The van der Waals surface area contributed by atoms with Crippen molar-refractivity contribution in [2.75, 3.05) is 14.2 Å². The largest absolute Gasteiger partial charge is 0.507 e. The van der Waals surface area contributed by atoms with Crippen LogP contribution in [0, 0.1) is 0 Å².